The van der Waals surface area contributed by atoms with Gasteiger partial charge in [0.05, 0.1) is 26.4 Å². The molecule has 3 rings (SSSR count). The summed E-state index contributed by atoms with van der Waals surface area (Å²) < 4.78 is 16.2. The first-order chi connectivity index (χ1) is 14.1. The van der Waals surface area contributed by atoms with Crippen molar-refractivity contribution in [1.82, 2.24) is 10.2 Å². The molecular weight excluding hydrogens is 390 g/mol. The number of carbonyl (C=O) groups is 1. The number of rotatable bonds is 9. The highest BCUT2D eigenvalue weighted by atomic mass is 32.2. The highest BCUT2D eigenvalue weighted by molar-refractivity contribution is 7.99. The first-order valence-corrected chi connectivity index (χ1v) is 10.1. The first-order valence-electron chi connectivity index (χ1n) is 9.16. The maximum Gasteiger partial charge on any atom is 0.277 e. The minimum atomic E-state index is -0.115. The molecule has 0 atom stereocenters. The number of nitrogens with zero attached hydrogens (tertiary/aromatic N) is 2. The second-order valence-electron chi connectivity index (χ2n) is 6.18. The minimum Gasteiger partial charge on any atom is -0.493 e. The van der Waals surface area contributed by atoms with Gasteiger partial charge in [-0.1, -0.05) is 43.0 Å². The number of methoxy groups -OCH3 is 2. The van der Waals surface area contributed by atoms with E-state index in [0.29, 0.717) is 29.0 Å². The molecule has 0 aliphatic heterocycles. The van der Waals surface area contributed by atoms with Crippen LogP contribution in [0, 0.1) is 0 Å². The van der Waals surface area contributed by atoms with Crippen LogP contribution in [0.1, 0.15) is 23.9 Å². The summed E-state index contributed by atoms with van der Waals surface area (Å²) in [4.78, 5) is 12.2. The second kappa shape index (κ2) is 9.97. The number of nitrogens with one attached hydrogen (secondary N) is 1. The van der Waals surface area contributed by atoms with Crippen LogP contribution in [0.4, 0.5) is 5.69 Å². The standard InChI is InChI=1S/C21H23N3O4S/c1-4-15-7-5-6-8-16(15)22-19(25)13-29-21-24-23-20(28-21)12-14-9-10-17(26-2)18(11-14)27-3/h5-11H,4,12-13H2,1-3H3,(H,22,25). The Labute approximate surface area is 173 Å². The molecule has 0 radical (unpaired) electrons. The minimum absolute atomic E-state index is 0.115. The lowest BCUT2D eigenvalue weighted by Crippen LogP contribution is -2.15. The van der Waals surface area contributed by atoms with Gasteiger partial charge in [-0.2, -0.15) is 0 Å². The molecule has 0 fully saturated rings. The van der Waals surface area contributed by atoms with Gasteiger partial charge in [0.15, 0.2) is 11.5 Å². The summed E-state index contributed by atoms with van der Waals surface area (Å²) in [7, 11) is 3.18. The van der Waals surface area contributed by atoms with E-state index in [4.69, 9.17) is 13.9 Å². The summed E-state index contributed by atoms with van der Waals surface area (Å²) in [6, 6.07) is 13.4. The van der Waals surface area contributed by atoms with E-state index in [2.05, 4.69) is 22.4 Å². The number of carbonyl (C=O) groups excluding carboxylic acids is 1. The molecular formula is C21H23N3O4S. The number of aromatic nitrogens is 2. The van der Waals surface area contributed by atoms with Crippen LogP contribution in [0.15, 0.2) is 52.1 Å². The van der Waals surface area contributed by atoms with Gasteiger partial charge in [-0.15, -0.1) is 10.2 Å². The topological polar surface area (TPSA) is 86.5 Å². The number of hydrogen-bond acceptors (Lipinski definition) is 7. The van der Waals surface area contributed by atoms with Crippen LogP contribution in [0.2, 0.25) is 0 Å². The molecule has 152 valence electrons. The van der Waals surface area contributed by atoms with E-state index < -0.39 is 0 Å². The Balaban J connectivity index is 1.56. The number of amides is 1. The Bertz CT molecular complexity index is 974. The number of anilines is 1. The van der Waals surface area contributed by atoms with Crippen LogP contribution in [0.5, 0.6) is 11.5 Å². The van der Waals surface area contributed by atoms with Gasteiger partial charge in [0.1, 0.15) is 0 Å². The van der Waals surface area contributed by atoms with Crippen molar-refractivity contribution in [3.05, 3.63) is 59.5 Å². The summed E-state index contributed by atoms with van der Waals surface area (Å²) in [5.74, 6) is 1.85. The number of aryl methyl sites for hydroxylation is 1. The van der Waals surface area contributed by atoms with Gasteiger partial charge in [-0.25, -0.2) is 0 Å². The van der Waals surface area contributed by atoms with Gasteiger partial charge in [0, 0.05) is 5.69 Å². The van der Waals surface area contributed by atoms with Gasteiger partial charge >= 0.3 is 0 Å². The monoisotopic (exact) mass is 413 g/mol. The zero-order valence-electron chi connectivity index (χ0n) is 16.6. The van der Waals surface area contributed by atoms with Gasteiger partial charge in [-0.05, 0) is 35.7 Å². The van der Waals surface area contributed by atoms with Crippen LogP contribution in [0.25, 0.3) is 0 Å². The quantitative estimate of drug-likeness (QED) is 0.531. The summed E-state index contributed by atoms with van der Waals surface area (Å²) >= 11 is 1.21. The summed E-state index contributed by atoms with van der Waals surface area (Å²) in [6.07, 6.45) is 1.32. The lowest BCUT2D eigenvalue weighted by Gasteiger charge is -2.08. The van der Waals surface area contributed by atoms with E-state index in [0.717, 1.165) is 23.2 Å². The fraction of sp³-hybridized carbons (Fsp3) is 0.286. The Morgan fingerprint density at radius 2 is 1.90 bits per heavy atom. The van der Waals surface area contributed by atoms with Crippen molar-refractivity contribution in [1.29, 1.82) is 0 Å². The van der Waals surface area contributed by atoms with Crippen molar-refractivity contribution >= 4 is 23.4 Å². The molecule has 0 spiro atoms. The molecule has 1 aromatic heterocycles. The Hall–Kier alpha value is -3.00. The lowest BCUT2D eigenvalue weighted by molar-refractivity contribution is -0.113. The average molecular weight is 413 g/mol. The highest BCUT2D eigenvalue weighted by Gasteiger charge is 2.13. The van der Waals surface area contributed by atoms with E-state index in [9.17, 15) is 4.79 Å². The molecule has 29 heavy (non-hydrogen) atoms. The molecule has 1 amide bonds. The van der Waals surface area contributed by atoms with E-state index in [1.54, 1.807) is 14.2 Å². The largest absolute Gasteiger partial charge is 0.493 e. The maximum atomic E-state index is 12.2. The van der Waals surface area contributed by atoms with Crippen molar-refractivity contribution in [3.63, 3.8) is 0 Å². The number of benzene rings is 2. The molecule has 0 saturated carbocycles. The van der Waals surface area contributed by atoms with Crippen molar-refractivity contribution in [3.8, 4) is 11.5 Å². The van der Waals surface area contributed by atoms with Crippen LogP contribution in [-0.4, -0.2) is 36.1 Å². The third kappa shape index (κ3) is 5.51. The number of thioether (sulfide) groups is 1. The van der Waals surface area contributed by atoms with Crippen LogP contribution >= 0.6 is 11.8 Å². The molecule has 1 heterocycles. The van der Waals surface area contributed by atoms with Crippen molar-refractivity contribution < 1.29 is 18.7 Å². The average Bonchev–Trinajstić information content (AvgIpc) is 3.19. The van der Waals surface area contributed by atoms with E-state index >= 15 is 0 Å². The predicted molar refractivity (Wildman–Crippen MR) is 112 cm³/mol. The molecule has 3 aromatic rings. The van der Waals surface area contributed by atoms with Crippen molar-refractivity contribution in [2.75, 3.05) is 25.3 Å². The van der Waals surface area contributed by atoms with Crippen LogP contribution in [-0.2, 0) is 17.6 Å². The molecule has 0 aliphatic carbocycles. The molecule has 0 bridgehead atoms. The SMILES string of the molecule is CCc1ccccc1NC(=O)CSc1nnc(Cc2ccc(OC)c(OC)c2)o1. The van der Waals surface area contributed by atoms with E-state index in [-0.39, 0.29) is 11.7 Å². The Morgan fingerprint density at radius 1 is 1.10 bits per heavy atom. The Morgan fingerprint density at radius 3 is 2.66 bits per heavy atom. The van der Waals surface area contributed by atoms with Crippen LogP contribution < -0.4 is 14.8 Å². The first kappa shape index (κ1) is 20.7. The van der Waals surface area contributed by atoms with Gasteiger partial charge in [-0.3, -0.25) is 4.79 Å². The zero-order chi connectivity index (χ0) is 20.6. The van der Waals surface area contributed by atoms with Crippen molar-refractivity contribution in [2.24, 2.45) is 0 Å². The normalized spacial score (nSPS) is 10.6. The Kier molecular flexibility index (Phi) is 7.13. The van der Waals surface area contributed by atoms with Gasteiger partial charge < -0.3 is 19.2 Å². The van der Waals surface area contributed by atoms with Crippen molar-refractivity contribution in [2.45, 2.75) is 25.0 Å². The molecule has 0 aliphatic rings. The molecule has 1 N–H and O–H groups in total. The molecule has 2 aromatic carbocycles. The lowest BCUT2D eigenvalue weighted by atomic mass is 10.1. The number of ether oxygens (including phenoxy) is 2. The second-order valence-corrected chi connectivity index (χ2v) is 7.10. The van der Waals surface area contributed by atoms with E-state index in [1.807, 2.05) is 42.5 Å². The fourth-order valence-corrected chi connectivity index (χ4v) is 3.38. The molecule has 7 nitrogen and oxygen atoms in total. The van der Waals surface area contributed by atoms with Crippen LogP contribution in [0.3, 0.4) is 0 Å². The third-order valence-corrected chi connectivity index (χ3v) is 5.07. The van der Waals surface area contributed by atoms with Gasteiger partial charge in [0.25, 0.3) is 5.22 Å². The smallest absolute Gasteiger partial charge is 0.277 e. The predicted octanol–water partition coefficient (Wildman–Crippen LogP) is 3.97. The third-order valence-electron chi connectivity index (χ3n) is 4.25. The van der Waals surface area contributed by atoms with E-state index in [1.165, 1.54) is 11.8 Å². The highest BCUT2D eigenvalue weighted by Crippen LogP contribution is 2.28. The maximum absolute atomic E-state index is 12.2. The molecule has 0 unspecified atom stereocenters. The zero-order valence-corrected chi connectivity index (χ0v) is 17.4. The molecule has 0 saturated heterocycles. The number of para-hydroxylation sites is 1. The number of hydrogen-bond donors (Lipinski definition) is 1. The summed E-state index contributed by atoms with van der Waals surface area (Å²) in [5, 5.41) is 11.4. The van der Waals surface area contributed by atoms with Gasteiger partial charge in [0.2, 0.25) is 11.8 Å². The summed E-state index contributed by atoms with van der Waals surface area (Å²) in [6.45, 7) is 2.05. The molecule has 8 heteroatoms. The summed E-state index contributed by atoms with van der Waals surface area (Å²) in [5.41, 5.74) is 2.89. The fourth-order valence-electron chi connectivity index (χ4n) is 2.80.